The SMILES string of the molecule is COc1ccc(Cn2nccc2NC(=O)CSc2nnnn2-c2cc(C)ccc2OC)cc1. The summed E-state index contributed by atoms with van der Waals surface area (Å²) in [6, 6.07) is 15.2. The number of ether oxygens (including phenoxy) is 2. The normalized spacial score (nSPS) is 10.8. The molecular weight excluding hydrogens is 442 g/mol. The molecule has 10 nitrogen and oxygen atoms in total. The maximum absolute atomic E-state index is 12.6. The Bertz CT molecular complexity index is 1240. The van der Waals surface area contributed by atoms with Crippen LogP contribution in [-0.4, -0.2) is 55.9 Å². The van der Waals surface area contributed by atoms with E-state index in [9.17, 15) is 4.79 Å². The van der Waals surface area contributed by atoms with Crippen LogP contribution in [0.1, 0.15) is 11.1 Å². The van der Waals surface area contributed by atoms with Crippen LogP contribution >= 0.6 is 11.8 Å². The molecule has 4 aromatic rings. The molecule has 0 fully saturated rings. The molecule has 0 aliphatic rings. The number of amides is 1. The number of aryl methyl sites for hydroxylation is 1. The quantitative estimate of drug-likeness (QED) is 0.376. The van der Waals surface area contributed by atoms with E-state index in [1.807, 2.05) is 49.4 Å². The Kier molecular flexibility index (Phi) is 6.89. The van der Waals surface area contributed by atoms with Gasteiger partial charge in [0.05, 0.1) is 32.7 Å². The van der Waals surface area contributed by atoms with E-state index in [0.717, 1.165) is 16.9 Å². The van der Waals surface area contributed by atoms with Crippen LogP contribution in [-0.2, 0) is 11.3 Å². The molecule has 4 rings (SSSR count). The van der Waals surface area contributed by atoms with Crippen molar-refractivity contribution in [1.29, 1.82) is 0 Å². The summed E-state index contributed by atoms with van der Waals surface area (Å²) in [7, 11) is 3.22. The largest absolute Gasteiger partial charge is 0.497 e. The molecule has 1 N–H and O–H groups in total. The van der Waals surface area contributed by atoms with Crippen LogP contribution in [0.25, 0.3) is 5.69 Å². The van der Waals surface area contributed by atoms with Gasteiger partial charge in [0.1, 0.15) is 23.0 Å². The number of nitrogens with one attached hydrogen (secondary N) is 1. The Morgan fingerprint density at radius 2 is 1.91 bits per heavy atom. The van der Waals surface area contributed by atoms with Crippen molar-refractivity contribution in [2.75, 3.05) is 25.3 Å². The molecule has 1 amide bonds. The van der Waals surface area contributed by atoms with Crippen molar-refractivity contribution in [3.05, 3.63) is 65.9 Å². The molecule has 0 aliphatic heterocycles. The smallest absolute Gasteiger partial charge is 0.235 e. The molecule has 0 saturated heterocycles. The number of hydrogen-bond acceptors (Lipinski definition) is 8. The lowest BCUT2D eigenvalue weighted by atomic mass is 10.2. The molecule has 0 atom stereocenters. The molecule has 33 heavy (non-hydrogen) atoms. The Labute approximate surface area is 194 Å². The number of methoxy groups -OCH3 is 2. The first kappa shape index (κ1) is 22.3. The minimum absolute atomic E-state index is 0.127. The molecule has 0 unspecified atom stereocenters. The fourth-order valence-electron chi connectivity index (χ4n) is 3.16. The Hall–Kier alpha value is -3.86. The van der Waals surface area contributed by atoms with Crippen LogP contribution in [0.15, 0.2) is 59.9 Å². The van der Waals surface area contributed by atoms with Crippen LogP contribution < -0.4 is 14.8 Å². The van der Waals surface area contributed by atoms with E-state index in [1.165, 1.54) is 11.8 Å². The summed E-state index contributed by atoms with van der Waals surface area (Å²) >= 11 is 1.23. The van der Waals surface area contributed by atoms with Gasteiger partial charge in [-0.05, 0) is 52.7 Å². The molecule has 2 aromatic carbocycles. The molecule has 11 heteroatoms. The van der Waals surface area contributed by atoms with Gasteiger partial charge in [0.2, 0.25) is 11.1 Å². The molecule has 2 heterocycles. The number of carbonyl (C=O) groups is 1. The maximum Gasteiger partial charge on any atom is 0.235 e. The van der Waals surface area contributed by atoms with E-state index >= 15 is 0 Å². The van der Waals surface area contributed by atoms with Gasteiger partial charge in [0, 0.05) is 6.07 Å². The number of tetrazole rings is 1. The highest BCUT2D eigenvalue weighted by molar-refractivity contribution is 7.99. The second-order valence-electron chi connectivity index (χ2n) is 7.11. The zero-order valence-electron chi connectivity index (χ0n) is 18.4. The van der Waals surface area contributed by atoms with Crippen LogP contribution in [0, 0.1) is 6.92 Å². The summed E-state index contributed by atoms with van der Waals surface area (Å²) in [5.74, 6) is 1.97. The third kappa shape index (κ3) is 5.32. The van der Waals surface area contributed by atoms with Crippen molar-refractivity contribution >= 4 is 23.5 Å². The molecule has 0 aliphatic carbocycles. The summed E-state index contributed by atoms with van der Waals surface area (Å²) in [5, 5.41) is 19.6. The predicted octanol–water partition coefficient (Wildman–Crippen LogP) is 2.96. The molecule has 0 bridgehead atoms. The number of anilines is 1. The first-order valence-corrected chi connectivity index (χ1v) is 11.1. The predicted molar refractivity (Wildman–Crippen MR) is 124 cm³/mol. The van der Waals surface area contributed by atoms with E-state index in [1.54, 1.807) is 35.8 Å². The first-order valence-electron chi connectivity index (χ1n) is 10.1. The lowest BCUT2D eigenvalue weighted by Gasteiger charge is -2.11. The van der Waals surface area contributed by atoms with Crippen molar-refractivity contribution in [1.82, 2.24) is 30.0 Å². The van der Waals surface area contributed by atoms with Gasteiger partial charge in [-0.3, -0.25) is 4.79 Å². The third-order valence-electron chi connectivity index (χ3n) is 4.81. The van der Waals surface area contributed by atoms with E-state index in [4.69, 9.17) is 9.47 Å². The molecule has 0 saturated carbocycles. The lowest BCUT2D eigenvalue weighted by molar-refractivity contribution is -0.113. The van der Waals surface area contributed by atoms with Gasteiger partial charge < -0.3 is 14.8 Å². The topological polar surface area (TPSA) is 109 Å². The average molecular weight is 466 g/mol. The summed E-state index contributed by atoms with van der Waals surface area (Å²) in [4.78, 5) is 12.6. The van der Waals surface area contributed by atoms with Gasteiger partial charge in [-0.1, -0.05) is 30.0 Å². The Balaban J connectivity index is 1.40. The van der Waals surface area contributed by atoms with E-state index < -0.39 is 0 Å². The fraction of sp³-hybridized carbons (Fsp3) is 0.227. The molecule has 2 aromatic heterocycles. The number of rotatable bonds is 9. The summed E-state index contributed by atoms with van der Waals surface area (Å²) in [6.07, 6.45) is 1.65. The van der Waals surface area contributed by atoms with Crippen LogP contribution in [0.5, 0.6) is 11.5 Å². The minimum atomic E-state index is -0.192. The van der Waals surface area contributed by atoms with Gasteiger partial charge in [-0.25, -0.2) is 4.68 Å². The van der Waals surface area contributed by atoms with Gasteiger partial charge in [-0.2, -0.15) is 9.78 Å². The molecule has 170 valence electrons. The highest BCUT2D eigenvalue weighted by Gasteiger charge is 2.16. The second-order valence-corrected chi connectivity index (χ2v) is 8.05. The van der Waals surface area contributed by atoms with Crippen molar-refractivity contribution in [2.45, 2.75) is 18.6 Å². The Morgan fingerprint density at radius 3 is 2.67 bits per heavy atom. The van der Waals surface area contributed by atoms with Gasteiger partial charge in [0.25, 0.3) is 0 Å². The van der Waals surface area contributed by atoms with E-state index in [0.29, 0.717) is 29.0 Å². The highest BCUT2D eigenvalue weighted by atomic mass is 32.2. The zero-order valence-corrected chi connectivity index (χ0v) is 19.2. The van der Waals surface area contributed by atoms with Crippen molar-refractivity contribution < 1.29 is 14.3 Å². The Morgan fingerprint density at radius 1 is 1.09 bits per heavy atom. The second kappa shape index (κ2) is 10.2. The standard InChI is InChI=1S/C22H23N7O3S/c1-15-4-9-19(32-3)18(12-15)29-22(25-26-27-29)33-14-21(30)24-20-10-11-23-28(20)13-16-5-7-17(31-2)8-6-16/h4-12H,13-14H2,1-3H3,(H,24,30). The monoisotopic (exact) mass is 465 g/mol. The van der Waals surface area contributed by atoms with Crippen molar-refractivity contribution in [2.24, 2.45) is 0 Å². The molecule has 0 radical (unpaired) electrons. The summed E-state index contributed by atoms with van der Waals surface area (Å²) in [6.45, 7) is 2.49. The molecular formula is C22H23N7O3S. The van der Waals surface area contributed by atoms with Crippen molar-refractivity contribution in [3.8, 4) is 17.2 Å². The fourth-order valence-corrected chi connectivity index (χ4v) is 3.85. The maximum atomic E-state index is 12.6. The van der Waals surface area contributed by atoms with Gasteiger partial charge in [-0.15, -0.1) is 5.10 Å². The number of hydrogen-bond donors (Lipinski definition) is 1. The number of nitrogens with zero attached hydrogens (tertiary/aromatic N) is 6. The summed E-state index contributed by atoms with van der Waals surface area (Å²) in [5.41, 5.74) is 2.79. The number of carbonyl (C=O) groups excluding carboxylic acids is 1. The van der Waals surface area contributed by atoms with Crippen LogP contribution in [0.4, 0.5) is 5.82 Å². The zero-order chi connectivity index (χ0) is 23.2. The number of thioether (sulfide) groups is 1. The van der Waals surface area contributed by atoms with Gasteiger partial charge >= 0.3 is 0 Å². The van der Waals surface area contributed by atoms with E-state index in [2.05, 4.69) is 25.9 Å². The number of aromatic nitrogens is 6. The van der Waals surface area contributed by atoms with E-state index in [-0.39, 0.29) is 11.7 Å². The summed E-state index contributed by atoms with van der Waals surface area (Å²) < 4.78 is 13.9. The lowest BCUT2D eigenvalue weighted by Crippen LogP contribution is -2.18. The van der Waals surface area contributed by atoms with Crippen molar-refractivity contribution in [3.63, 3.8) is 0 Å². The van der Waals surface area contributed by atoms with Gasteiger partial charge in [0.15, 0.2) is 0 Å². The third-order valence-corrected chi connectivity index (χ3v) is 5.73. The average Bonchev–Trinajstić information content (AvgIpc) is 3.47. The highest BCUT2D eigenvalue weighted by Crippen LogP contribution is 2.27. The van der Waals surface area contributed by atoms with Crippen LogP contribution in [0.2, 0.25) is 0 Å². The minimum Gasteiger partial charge on any atom is -0.497 e. The van der Waals surface area contributed by atoms with Crippen LogP contribution in [0.3, 0.4) is 0 Å². The number of benzene rings is 2. The first-order chi connectivity index (χ1) is 16.1. The molecule has 0 spiro atoms.